The minimum atomic E-state index is 0.504. The Kier molecular flexibility index (Phi) is 8.93. The van der Waals surface area contributed by atoms with Crippen LogP contribution in [-0.4, -0.2) is 19.8 Å². The lowest BCUT2D eigenvalue weighted by atomic mass is 10.2. The van der Waals surface area contributed by atoms with Gasteiger partial charge in [-0.25, -0.2) is 0 Å². The molecule has 0 heterocycles. The van der Waals surface area contributed by atoms with Crippen LogP contribution in [0.15, 0.2) is 78.9 Å². The van der Waals surface area contributed by atoms with Crippen molar-refractivity contribution in [3.8, 4) is 17.2 Å². The van der Waals surface area contributed by atoms with Gasteiger partial charge in [-0.15, -0.1) is 0 Å². The summed E-state index contributed by atoms with van der Waals surface area (Å²) in [4.78, 5) is 0. The van der Waals surface area contributed by atoms with Gasteiger partial charge in [-0.1, -0.05) is 56.2 Å². The molecule has 0 saturated carbocycles. The predicted molar refractivity (Wildman–Crippen MR) is 123 cm³/mol. The molecular formula is C26H31NO3. The quantitative estimate of drug-likeness (QED) is 0.338. The molecule has 0 aliphatic rings. The number of para-hydroxylation sites is 2. The Bertz CT molecular complexity index is 850. The Hall–Kier alpha value is -3.14. The van der Waals surface area contributed by atoms with E-state index < -0.39 is 0 Å². The van der Waals surface area contributed by atoms with Crippen molar-refractivity contribution in [2.45, 2.75) is 32.7 Å². The lowest BCUT2D eigenvalue weighted by molar-refractivity contribution is 0.217. The van der Waals surface area contributed by atoms with E-state index >= 15 is 0 Å². The van der Waals surface area contributed by atoms with Crippen molar-refractivity contribution in [2.75, 3.05) is 25.1 Å². The highest BCUT2D eigenvalue weighted by Gasteiger charge is 2.03. The van der Waals surface area contributed by atoms with Crippen LogP contribution in [0.2, 0.25) is 0 Å². The lowest BCUT2D eigenvalue weighted by Crippen LogP contribution is -2.09. The second-order valence-electron chi connectivity index (χ2n) is 7.05. The second kappa shape index (κ2) is 12.4. The average Bonchev–Trinajstić information content (AvgIpc) is 2.80. The normalized spacial score (nSPS) is 10.4. The molecule has 3 rings (SSSR count). The largest absolute Gasteiger partial charge is 0.493 e. The summed E-state index contributed by atoms with van der Waals surface area (Å²) in [5.41, 5.74) is 2.20. The standard InChI is InChI=1S/C26H31NO3/c1-2-3-9-18-30-26-13-8-7-10-22(26)21-27-23-14-16-25(17-15-23)29-20-19-28-24-11-5-4-6-12-24/h4-8,10-17,27H,2-3,9,18-21H2,1H3. The van der Waals surface area contributed by atoms with Gasteiger partial charge in [-0.05, 0) is 48.9 Å². The van der Waals surface area contributed by atoms with Gasteiger partial charge in [0, 0.05) is 17.8 Å². The Morgan fingerprint density at radius 3 is 2.03 bits per heavy atom. The second-order valence-corrected chi connectivity index (χ2v) is 7.05. The molecule has 0 saturated heterocycles. The fourth-order valence-corrected chi connectivity index (χ4v) is 3.03. The fraction of sp³-hybridized carbons (Fsp3) is 0.308. The molecule has 0 atom stereocenters. The van der Waals surface area contributed by atoms with E-state index in [2.05, 4.69) is 18.3 Å². The summed E-state index contributed by atoms with van der Waals surface area (Å²) in [5, 5.41) is 3.46. The highest BCUT2D eigenvalue weighted by Crippen LogP contribution is 2.21. The first-order valence-electron chi connectivity index (χ1n) is 10.7. The maximum atomic E-state index is 5.96. The zero-order valence-corrected chi connectivity index (χ0v) is 17.7. The van der Waals surface area contributed by atoms with Gasteiger partial charge < -0.3 is 19.5 Å². The zero-order valence-electron chi connectivity index (χ0n) is 17.7. The van der Waals surface area contributed by atoms with E-state index in [9.17, 15) is 0 Å². The average molecular weight is 406 g/mol. The van der Waals surface area contributed by atoms with Crippen LogP contribution in [-0.2, 0) is 6.54 Å². The number of nitrogens with one attached hydrogen (secondary N) is 1. The van der Waals surface area contributed by atoms with Gasteiger partial charge in [-0.3, -0.25) is 0 Å². The molecule has 3 aromatic carbocycles. The van der Waals surface area contributed by atoms with Gasteiger partial charge in [0.15, 0.2) is 0 Å². The molecule has 30 heavy (non-hydrogen) atoms. The van der Waals surface area contributed by atoms with E-state index in [-0.39, 0.29) is 0 Å². The fourth-order valence-electron chi connectivity index (χ4n) is 3.03. The summed E-state index contributed by atoms with van der Waals surface area (Å²) in [6.07, 6.45) is 3.50. The number of benzene rings is 3. The molecule has 3 aromatic rings. The Balaban J connectivity index is 1.41. The molecular weight excluding hydrogens is 374 g/mol. The van der Waals surface area contributed by atoms with Gasteiger partial charge in [-0.2, -0.15) is 0 Å². The molecule has 0 aliphatic carbocycles. The van der Waals surface area contributed by atoms with E-state index in [1.807, 2.05) is 72.8 Å². The van der Waals surface area contributed by atoms with Crippen LogP contribution in [0.1, 0.15) is 31.7 Å². The third-order valence-corrected chi connectivity index (χ3v) is 4.68. The van der Waals surface area contributed by atoms with Crippen molar-refractivity contribution in [1.82, 2.24) is 0 Å². The third kappa shape index (κ3) is 7.36. The predicted octanol–water partition coefficient (Wildman–Crippen LogP) is 6.33. The topological polar surface area (TPSA) is 39.7 Å². The number of ether oxygens (including phenoxy) is 3. The summed E-state index contributed by atoms with van der Waals surface area (Å²) >= 11 is 0. The van der Waals surface area contributed by atoms with Gasteiger partial charge in [0.05, 0.1) is 6.61 Å². The van der Waals surface area contributed by atoms with Crippen molar-refractivity contribution < 1.29 is 14.2 Å². The van der Waals surface area contributed by atoms with E-state index in [1.165, 1.54) is 12.8 Å². The smallest absolute Gasteiger partial charge is 0.124 e. The van der Waals surface area contributed by atoms with Gasteiger partial charge in [0.1, 0.15) is 30.5 Å². The van der Waals surface area contributed by atoms with Crippen LogP contribution < -0.4 is 19.5 Å². The van der Waals surface area contributed by atoms with Crippen molar-refractivity contribution in [1.29, 1.82) is 0 Å². The van der Waals surface area contributed by atoms with Crippen LogP contribution in [0, 0.1) is 0 Å². The molecule has 0 radical (unpaired) electrons. The molecule has 0 unspecified atom stereocenters. The first-order chi connectivity index (χ1) is 14.8. The lowest BCUT2D eigenvalue weighted by Gasteiger charge is -2.13. The molecule has 4 heteroatoms. The summed E-state index contributed by atoms with van der Waals surface area (Å²) in [7, 11) is 0. The van der Waals surface area contributed by atoms with E-state index in [0.717, 1.165) is 48.1 Å². The summed E-state index contributed by atoms with van der Waals surface area (Å²) in [6, 6.07) is 26.0. The molecule has 1 N–H and O–H groups in total. The van der Waals surface area contributed by atoms with Crippen molar-refractivity contribution in [3.05, 3.63) is 84.4 Å². The molecule has 0 fully saturated rings. The van der Waals surface area contributed by atoms with Gasteiger partial charge >= 0.3 is 0 Å². The summed E-state index contributed by atoms with van der Waals surface area (Å²) in [5.74, 6) is 2.65. The Morgan fingerprint density at radius 2 is 1.30 bits per heavy atom. The van der Waals surface area contributed by atoms with Crippen LogP contribution in [0.3, 0.4) is 0 Å². The van der Waals surface area contributed by atoms with Crippen molar-refractivity contribution in [2.24, 2.45) is 0 Å². The highest BCUT2D eigenvalue weighted by molar-refractivity contribution is 5.48. The van der Waals surface area contributed by atoms with E-state index in [4.69, 9.17) is 14.2 Å². The molecule has 0 amide bonds. The third-order valence-electron chi connectivity index (χ3n) is 4.68. The minimum absolute atomic E-state index is 0.504. The van der Waals surface area contributed by atoms with Crippen molar-refractivity contribution >= 4 is 5.69 Å². The number of rotatable bonds is 13. The Labute approximate surface area is 179 Å². The van der Waals surface area contributed by atoms with Crippen LogP contribution in [0.25, 0.3) is 0 Å². The zero-order chi connectivity index (χ0) is 20.9. The molecule has 0 aromatic heterocycles. The van der Waals surface area contributed by atoms with E-state index in [1.54, 1.807) is 0 Å². The summed E-state index contributed by atoms with van der Waals surface area (Å²) < 4.78 is 17.4. The van der Waals surface area contributed by atoms with E-state index in [0.29, 0.717) is 13.2 Å². The number of hydrogen-bond donors (Lipinski definition) is 1. The first-order valence-corrected chi connectivity index (χ1v) is 10.7. The maximum Gasteiger partial charge on any atom is 0.124 e. The highest BCUT2D eigenvalue weighted by atomic mass is 16.5. The molecule has 4 nitrogen and oxygen atoms in total. The minimum Gasteiger partial charge on any atom is -0.493 e. The molecule has 0 bridgehead atoms. The number of unbranched alkanes of at least 4 members (excludes halogenated alkanes) is 2. The maximum absolute atomic E-state index is 5.96. The molecule has 0 spiro atoms. The number of anilines is 1. The number of hydrogen-bond acceptors (Lipinski definition) is 4. The van der Waals surface area contributed by atoms with Crippen molar-refractivity contribution in [3.63, 3.8) is 0 Å². The Morgan fingerprint density at radius 1 is 0.633 bits per heavy atom. The van der Waals surface area contributed by atoms with Gasteiger partial charge in [0.25, 0.3) is 0 Å². The molecule has 158 valence electrons. The summed E-state index contributed by atoms with van der Waals surface area (Å²) in [6.45, 7) is 4.70. The monoisotopic (exact) mass is 405 g/mol. The molecule has 0 aliphatic heterocycles. The van der Waals surface area contributed by atoms with Crippen LogP contribution >= 0.6 is 0 Å². The SMILES string of the molecule is CCCCCOc1ccccc1CNc1ccc(OCCOc2ccccc2)cc1. The van der Waals surface area contributed by atoms with Crippen LogP contribution in [0.5, 0.6) is 17.2 Å². The van der Waals surface area contributed by atoms with Gasteiger partial charge in [0.2, 0.25) is 0 Å². The first kappa shape index (κ1) is 21.6. The van der Waals surface area contributed by atoms with Crippen LogP contribution in [0.4, 0.5) is 5.69 Å².